The summed E-state index contributed by atoms with van der Waals surface area (Å²) in [7, 11) is 4.42. The van der Waals surface area contributed by atoms with Crippen molar-refractivity contribution in [2.45, 2.75) is 19.1 Å². The molecule has 2 heterocycles. The fraction of sp³-hybridized carbons (Fsp3) is 0.250. The van der Waals surface area contributed by atoms with Crippen LogP contribution >= 0.6 is 0 Å². The number of furan rings is 1. The second kappa shape index (κ2) is 8.65. The van der Waals surface area contributed by atoms with Crippen molar-refractivity contribution in [3.05, 3.63) is 71.7 Å². The van der Waals surface area contributed by atoms with Gasteiger partial charge in [0.25, 0.3) is 0 Å². The third-order valence-corrected chi connectivity index (χ3v) is 5.47. The molecule has 1 atom stereocenters. The maximum Gasteiger partial charge on any atom is 0.331 e. The average molecular weight is 421 g/mol. The monoisotopic (exact) mass is 421 g/mol. The summed E-state index contributed by atoms with van der Waals surface area (Å²) in [5.74, 6) is 0.427. The van der Waals surface area contributed by atoms with E-state index in [2.05, 4.69) is 0 Å². The number of hydrogen-bond donors (Lipinski definition) is 0. The van der Waals surface area contributed by atoms with E-state index in [0.29, 0.717) is 24.6 Å². The molecule has 4 rings (SSSR count). The van der Waals surface area contributed by atoms with E-state index in [1.54, 1.807) is 31.4 Å². The Morgan fingerprint density at radius 2 is 1.87 bits per heavy atom. The van der Waals surface area contributed by atoms with E-state index >= 15 is 0 Å². The molecule has 1 aromatic heterocycles. The Bertz CT molecular complexity index is 1100. The molecule has 0 aliphatic carbocycles. The largest absolute Gasteiger partial charge is 0.497 e. The fourth-order valence-corrected chi connectivity index (χ4v) is 3.91. The van der Waals surface area contributed by atoms with E-state index in [0.717, 1.165) is 22.3 Å². The zero-order valence-corrected chi connectivity index (χ0v) is 17.6. The van der Waals surface area contributed by atoms with Gasteiger partial charge >= 0.3 is 5.97 Å². The summed E-state index contributed by atoms with van der Waals surface area (Å²) in [6.07, 6.45) is 1.57. The number of benzene rings is 2. The third kappa shape index (κ3) is 3.80. The number of fused-ring (bicyclic) bond motifs is 1. The first-order chi connectivity index (χ1) is 15.1. The predicted octanol–water partition coefficient (Wildman–Crippen LogP) is 3.70. The van der Waals surface area contributed by atoms with E-state index in [-0.39, 0.29) is 5.76 Å². The van der Waals surface area contributed by atoms with Gasteiger partial charge in [0.1, 0.15) is 11.5 Å². The van der Waals surface area contributed by atoms with Gasteiger partial charge in [-0.2, -0.15) is 0 Å². The minimum atomic E-state index is -1.10. The number of carbonyl (C=O) groups is 2. The molecule has 0 amide bonds. The Kier molecular flexibility index (Phi) is 5.77. The van der Waals surface area contributed by atoms with Crippen LogP contribution in [-0.4, -0.2) is 44.0 Å². The number of rotatable bonds is 6. The van der Waals surface area contributed by atoms with E-state index in [4.69, 9.17) is 18.6 Å². The Balaban J connectivity index is 1.75. The van der Waals surface area contributed by atoms with Gasteiger partial charge in [-0.05, 0) is 11.6 Å². The van der Waals surface area contributed by atoms with Gasteiger partial charge in [-0.3, -0.25) is 9.69 Å². The van der Waals surface area contributed by atoms with Crippen molar-refractivity contribution in [1.82, 2.24) is 4.90 Å². The second-order valence-corrected chi connectivity index (χ2v) is 7.20. The molecule has 0 N–H and O–H groups in total. The summed E-state index contributed by atoms with van der Waals surface area (Å²) in [6.45, 7) is 0.647. The molecule has 0 spiro atoms. The lowest BCUT2D eigenvalue weighted by Crippen LogP contribution is -2.49. The lowest BCUT2D eigenvalue weighted by Gasteiger charge is -2.32. The van der Waals surface area contributed by atoms with E-state index in [1.807, 2.05) is 42.5 Å². The molecule has 31 heavy (non-hydrogen) atoms. The van der Waals surface area contributed by atoms with Crippen LogP contribution in [-0.2, 0) is 22.6 Å². The summed E-state index contributed by atoms with van der Waals surface area (Å²) >= 11 is 0. The van der Waals surface area contributed by atoms with Crippen molar-refractivity contribution in [3.63, 3.8) is 0 Å². The minimum absolute atomic E-state index is 0.201. The van der Waals surface area contributed by atoms with Crippen LogP contribution in [0.1, 0.15) is 21.7 Å². The predicted molar refractivity (Wildman–Crippen MR) is 113 cm³/mol. The highest BCUT2D eigenvalue weighted by Gasteiger charge is 2.43. The highest BCUT2D eigenvalue weighted by Crippen LogP contribution is 2.36. The Labute approximate surface area is 180 Å². The molecule has 0 saturated carbocycles. The van der Waals surface area contributed by atoms with Gasteiger partial charge in [0.2, 0.25) is 5.78 Å². The number of nitrogens with zero attached hydrogens (tertiary/aromatic N) is 1. The molecule has 7 nitrogen and oxygen atoms in total. The highest BCUT2D eigenvalue weighted by atomic mass is 16.5. The SMILES string of the molecule is COC(=O)C1C(=O)c2occ(-c3ccccc3)c2CN1Cc1ccc(OC)cc1OC. The molecular formula is C24H23NO6. The van der Waals surface area contributed by atoms with Crippen molar-refractivity contribution >= 4 is 11.8 Å². The second-order valence-electron chi connectivity index (χ2n) is 7.20. The lowest BCUT2D eigenvalue weighted by molar-refractivity contribution is -0.145. The average Bonchev–Trinajstić information content (AvgIpc) is 3.24. The van der Waals surface area contributed by atoms with E-state index in [1.165, 1.54) is 7.11 Å². The Morgan fingerprint density at radius 3 is 2.55 bits per heavy atom. The van der Waals surface area contributed by atoms with Gasteiger partial charge in [0.05, 0.1) is 27.6 Å². The van der Waals surface area contributed by atoms with Crippen molar-refractivity contribution in [2.75, 3.05) is 21.3 Å². The van der Waals surface area contributed by atoms with Crippen molar-refractivity contribution in [1.29, 1.82) is 0 Å². The molecule has 1 aliphatic heterocycles. The first-order valence-electron chi connectivity index (χ1n) is 9.80. The summed E-state index contributed by atoms with van der Waals surface area (Å²) in [4.78, 5) is 27.6. The topological polar surface area (TPSA) is 78.2 Å². The number of Topliss-reactive ketones (excluding diaryl/α,β-unsaturated/α-hetero) is 1. The lowest BCUT2D eigenvalue weighted by atomic mass is 9.93. The first kappa shape index (κ1) is 20.7. The molecule has 0 radical (unpaired) electrons. The molecular weight excluding hydrogens is 398 g/mol. The Morgan fingerprint density at radius 1 is 1.10 bits per heavy atom. The molecule has 7 heteroatoms. The van der Waals surface area contributed by atoms with Crippen LogP contribution in [0.25, 0.3) is 11.1 Å². The van der Waals surface area contributed by atoms with Crippen LogP contribution in [0.3, 0.4) is 0 Å². The van der Waals surface area contributed by atoms with E-state index in [9.17, 15) is 9.59 Å². The van der Waals surface area contributed by atoms with Crippen molar-refractivity contribution in [2.24, 2.45) is 0 Å². The van der Waals surface area contributed by atoms with Crippen molar-refractivity contribution < 1.29 is 28.2 Å². The van der Waals surface area contributed by atoms with Crippen LogP contribution in [0, 0.1) is 0 Å². The van der Waals surface area contributed by atoms with Crippen molar-refractivity contribution in [3.8, 4) is 22.6 Å². The zero-order valence-electron chi connectivity index (χ0n) is 17.6. The molecule has 1 aliphatic rings. The minimum Gasteiger partial charge on any atom is -0.497 e. The number of ether oxygens (including phenoxy) is 3. The fourth-order valence-electron chi connectivity index (χ4n) is 3.91. The summed E-state index contributed by atoms with van der Waals surface area (Å²) in [5, 5.41) is 0. The van der Waals surface area contributed by atoms with Gasteiger partial charge in [0.15, 0.2) is 11.8 Å². The van der Waals surface area contributed by atoms with Gasteiger partial charge < -0.3 is 18.6 Å². The Hall–Kier alpha value is -3.58. The molecule has 0 bridgehead atoms. The molecule has 0 saturated heterocycles. The maximum absolute atomic E-state index is 13.2. The molecule has 0 fully saturated rings. The van der Waals surface area contributed by atoms with Gasteiger partial charge in [0, 0.05) is 35.8 Å². The van der Waals surface area contributed by atoms with Gasteiger partial charge in [-0.15, -0.1) is 0 Å². The zero-order chi connectivity index (χ0) is 22.0. The number of methoxy groups -OCH3 is 3. The quantitative estimate of drug-likeness (QED) is 0.444. The number of esters is 1. The standard InChI is InChI=1S/C24H23NO6/c1-28-17-10-9-16(20(11-17)29-2)12-25-13-18-19(15-7-5-4-6-8-15)14-31-23(18)22(26)21(25)24(27)30-3/h4-11,14,21H,12-13H2,1-3H3. The molecule has 2 aromatic carbocycles. The smallest absolute Gasteiger partial charge is 0.331 e. The maximum atomic E-state index is 13.2. The number of ketones is 1. The molecule has 1 unspecified atom stereocenters. The van der Waals surface area contributed by atoms with Gasteiger partial charge in [-0.25, -0.2) is 4.79 Å². The summed E-state index contributed by atoms with van der Waals surface area (Å²) < 4.78 is 21.3. The van der Waals surface area contributed by atoms with Crippen LogP contribution in [0.4, 0.5) is 0 Å². The van der Waals surface area contributed by atoms with Crippen LogP contribution in [0.2, 0.25) is 0 Å². The number of hydrogen-bond acceptors (Lipinski definition) is 7. The van der Waals surface area contributed by atoms with Crippen LogP contribution < -0.4 is 9.47 Å². The summed E-state index contributed by atoms with van der Waals surface area (Å²) in [6, 6.07) is 14.0. The van der Waals surface area contributed by atoms with E-state index < -0.39 is 17.8 Å². The highest BCUT2D eigenvalue weighted by molar-refractivity contribution is 6.12. The number of carbonyl (C=O) groups excluding carboxylic acids is 2. The van der Waals surface area contributed by atoms with Crippen LogP contribution in [0.15, 0.2) is 59.2 Å². The van der Waals surface area contributed by atoms with Crippen LogP contribution in [0.5, 0.6) is 11.5 Å². The summed E-state index contributed by atoms with van der Waals surface area (Å²) in [5.41, 5.74) is 3.35. The third-order valence-electron chi connectivity index (χ3n) is 5.47. The first-order valence-corrected chi connectivity index (χ1v) is 9.80. The van der Waals surface area contributed by atoms with Gasteiger partial charge in [-0.1, -0.05) is 36.4 Å². The molecule has 3 aromatic rings. The normalized spacial score (nSPS) is 16.0. The molecule has 160 valence electrons.